The Morgan fingerprint density at radius 3 is 0.931 bits per heavy atom. The average molecular weight is 611 g/mol. The molecule has 0 aliphatic carbocycles. The number of nitrogens with zero attached hydrogens (tertiary/aromatic N) is 2. The molecule has 2 aromatic carbocycles. The van der Waals surface area contributed by atoms with Crippen LogP contribution < -0.4 is 0 Å². The maximum atomic E-state index is 4.82. The van der Waals surface area contributed by atoms with E-state index >= 15 is 0 Å². The third kappa shape index (κ3) is 29.6. The zero-order valence-corrected chi connectivity index (χ0v) is 26.2. The van der Waals surface area contributed by atoms with E-state index in [1.54, 1.807) is 0 Å². The van der Waals surface area contributed by atoms with E-state index in [1.165, 1.54) is 20.9 Å². The first-order valence-corrected chi connectivity index (χ1v) is 21.7. The van der Waals surface area contributed by atoms with E-state index in [2.05, 4.69) is 75.8 Å². The van der Waals surface area contributed by atoms with Crippen molar-refractivity contribution in [3.63, 3.8) is 0 Å². The first-order valence-electron chi connectivity index (χ1n) is 9.90. The molecule has 0 fully saturated rings. The molecule has 0 aliphatic heterocycles. The van der Waals surface area contributed by atoms with Gasteiger partial charge in [0.25, 0.3) is 0 Å². The molecule has 0 saturated heterocycles. The molecular weight excluding hydrogens is 569 g/mol. The fourth-order valence-corrected chi connectivity index (χ4v) is 10.0. The van der Waals surface area contributed by atoms with Crippen LogP contribution in [0.2, 0.25) is 58.9 Å². The second-order valence-electron chi connectivity index (χ2n) is 9.70. The van der Waals surface area contributed by atoms with Gasteiger partial charge in [-0.2, -0.15) is 49.2 Å². The predicted molar refractivity (Wildman–Crippen MR) is 138 cm³/mol. The molecule has 0 saturated carbocycles. The van der Waals surface area contributed by atoms with Crippen molar-refractivity contribution in [3.8, 4) is 0 Å². The topological polar surface area (TPSA) is 26.5 Å². The summed E-state index contributed by atoms with van der Waals surface area (Å²) >= 11 is 1.21. The van der Waals surface area contributed by atoms with Gasteiger partial charge in [0.05, 0.1) is 0 Å². The normalized spacial score (nSPS) is 10.8. The van der Waals surface area contributed by atoms with Crippen molar-refractivity contribution in [1.82, 2.24) is 0 Å². The zero-order valence-electron chi connectivity index (χ0n) is 20.0. The molecular formula is C23H41N2Si3Ta-3. The van der Waals surface area contributed by atoms with Crippen molar-refractivity contribution in [2.45, 2.75) is 58.9 Å². The summed E-state index contributed by atoms with van der Waals surface area (Å²) in [6.07, 6.45) is 0. The SMILES string of the molecule is C[Si](C)(C)[N-][Si](C)(C)C.C[Si](C)(C)[N]=[Ta].[CH2-]c1ccccc1.[CH2-]c1ccccc1. The van der Waals surface area contributed by atoms with Crippen LogP contribution in [0.3, 0.4) is 0 Å². The minimum absolute atomic E-state index is 0.957. The summed E-state index contributed by atoms with van der Waals surface area (Å²) in [6.45, 7) is 28.0. The Bertz CT molecular complexity index is 594. The second kappa shape index (κ2) is 15.2. The van der Waals surface area contributed by atoms with Gasteiger partial charge in [-0.3, -0.25) is 0 Å². The number of hydrogen-bond acceptors (Lipinski definition) is 1. The third-order valence-electron chi connectivity index (χ3n) is 2.66. The summed E-state index contributed by atoms with van der Waals surface area (Å²) in [5, 5.41) is 0. The standard InChI is InChI=1S/2C7H7.C6H18NSi2.C3H9NSi.Ta/c2*1-7-5-3-2-4-6-7;1-8(2,3)7-9(4,5)6;1-5(2,3)4;/h2*2-6H,1H2;1-6H3;1-3H3;/q3*-1;;. The van der Waals surface area contributed by atoms with Crippen molar-refractivity contribution in [3.05, 3.63) is 90.3 Å². The molecule has 0 atom stereocenters. The Morgan fingerprint density at radius 1 is 0.621 bits per heavy atom. The van der Waals surface area contributed by atoms with Crippen LogP contribution in [0.5, 0.6) is 0 Å². The largest absolute Gasteiger partial charge is 0.199 e. The van der Waals surface area contributed by atoms with Gasteiger partial charge in [-0.15, -0.1) is 24.3 Å². The van der Waals surface area contributed by atoms with E-state index in [1.807, 2.05) is 60.7 Å². The van der Waals surface area contributed by atoms with Crippen LogP contribution in [-0.4, -0.2) is 24.7 Å². The molecule has 0 amide bonds. The van der Waals surface area contributed by atoms with Crippen molar-refractivity contribution < 1.29 is 20.9 Å². The minimum Gasteiger partial charge on any atom is -0.199 e. The molecule has 0 bridgehead atoms. The number of rotatable bonds is 3. The van der Waals surface area contributed by atoms with E-state index in [4.69, 9.17) is 4.65 Å². The van der Waals surface area contributed by atoms with Crippen LogP contribution in [0.25, 0.3) is 4.65 Å². The van der Waals surface area contributed by atoms with E-state index in [9.17, 15) is 0 Å². The van der Waals surface area contributed by atoms with Crippen LogP contribution in [0, 0.1) is 13.8 Å². The van der Waals surface area contributed by atoms with Crippen LogP contribution in [0.15, 0.2) is 63.7 Å². The first-order chi connectivity index (χ1) is 13.1. The van der Waals surface area contributed by atoms with Crippen LogP contribution in [-0.2, 0) is 20.9 Å². The summed E-state index contributed by atoms with van der Waals surface area (Å²) in [7, 11) is -3.17. The van der Waals surface area contributed by atoms with Gasteiger partial charge in [0.2, 0.25) is 0 Å². The zero-order chi connectivity index (χ0) is 23.1. The van der Waals surface area contributed by atoms with Crippen LogP contribution in [0.4, 0.5) is 0 Å². The number of benzene rings is 2. The Labute approximate surface area is 197 Å². The van der Waals surface area contributed by atoms with Crippen molar-refractivity contribution >= 4 is 24.7 Å². The Morgan fingerprint density at radius 2 is 0.862 bits per heavy atom. The average Bonchev–Trinajstić information content (AvgIpc) is 2.54. The van der Waals surface area contributed by atoms with Crippen molar-refractivity contribution in [2.75, 3.05) is 0 Å². The molecule has 6 heteroatoms. The van der Waals surface area contributed by atoms with Crippen molar-refractivity contribution in [2.24, 2.45) is 3.00 Å². The molecule has 29 heavy (non-hydrogen) atoms. The van der Waals surface area contributed by atoms with E-state index < -0.39 is 24.7 Å². The van der Waals surface area contributed by atoms with Gasteiger partial charge >= 0.3 is 51.8 Å². The van der Waals surface area contributed by atoms with Gasteiger partial charge < -0.3 is 4.65 Å². The smallest absolute Gasteiger partial charge is 0.0866 e. The Hall–Kier alpha value is -0.669. The summed E-state index contributed by atoms with van der Waals surface area (Å²) in [4.78, 5) is 0. The molecule has 2 nitrogen and oxygen atoms in total. The van der Waals surface area contributed by atoms with Gasteiger partial charge in [-0.25, -0.2) is 0 Å². The van der Waals surface area contributed by atoms with Crippen molar-refractivity contribution in [1.29, 1.82) is 0 Å². The maximum Gasteiger partial charge on any atom is -0.0866 e. The molecule has 2 aromatic rings. The second-order valence-corrected chi connectivity index (χ2v) is 26.0. The van der Waals surface area contributed by atoms with Gasteiger partial charge in [0.15, 0.2) is 0 Å². The Kier molecular flexibility index (Phi) is 16.0. The summed E-state index contributed by atoms with van der Waals surface area (Å²) < 4.78 is 9.09. The third-order valence-corrected chi connectivity index (χ3v) is 15.1. The summed E-state index contributed by atoms with van der Waals surface area (Å²) in [5.74, 6) is 0. The molecule has 0 heterocycles. The van der Waals surface area contributed by atoms with E-state index in [0.29, 0.717) is 0 Å². The molecule has 0 aliphatic rings. The van der Waals surface area contributed by atoms with Crippen LogP contribution in [0.1, 0.15) is 11.1 Å². The van der Waals surface area contributed by atoms with Gasteiger partial charge in [-0.1, -0.05) is 67.9 Å². The monoisotopic (exact) mass is 610 g/mol. The summed E-state index contributed by atoms with van der Waals surface area (Å²) in [6, 6.07) is 19.7. The minimum atomic E-state index is -1.11. The molecule has 0 spiro atoms. The molecule has 2 rings (SSSR count). The molecule has 163 valence electrons. The van der Waals surface area contributed by atoms with E-state index in [0.717, 1.165) is 11.1 Å². The van der Waals surface area contributed by atoms with Gasteiger partial charge in [0, 0.05) is 0 Å². The molecule has 0 radical (unpaired) electrons. The Balaban J connectivity index is 0. The molecule has 0 unspecified atom stereocenters. The van der Waals surface area contributed by atoms with E-state index in [-0.39, 0.29) is 0 Å². The quantitative estimate of drug-likeness (QED) is 0.247. The number of hydrogen-bond donors (Lipinski definition) is 0. The first kappa shape index (κ1) is 30.5. The molecule has 0 aromatic heterocycles. The fourth-order valence-electron chi connectivity index (χ4n) is 1.96. The fraction of sp³-hybridized carbons (Fsp3) is 0.391. The molecule has 0 N–H and O–H groups in total. The predicted octanol–water partition coefficient (Wildman–Crippen LogP) is 8.32. The van der Waals surface area contributed by atoms with Gasteiger partial charge in [0.1, 0.15) is 0 Å². The van der Waals surface area contributed by atoms with Crippen LogP contribution >= 0.6 is 0 Å². The maximum absolute atomic E-state index is 4.82. The summed E-state index contributed by atoms with van der Waals surface area (Å²) in [5.41, 5.74) is 2.14. The van der Waals surface area contributed by atoms with Gasteiger partial charge in [-0.05, 0) is 0 Å².